The zero-order chi connectivity index (χ0) is 14.6. The zero-order valence-corrected chi connectivity index (χ0v) is 12.3. The highest BCUT2D eigenvalue weighted by Gasteiger charge is 2.29. The summed E-state index contributed by atoms with van der Waals surface area (Å²) < 4.78 is 0. The molecule has 1 heterocycles. The average Bonchev–Trinajstić information content (AvgIpc) is 2.34. The minimum atomic E-state index is -0.967. The summed E-state index contributed by atoms with van der Waals surface area (Å²) in [6, 6.07) is 0.251. The molecule has 6 nitrogen and oxygen atoms in total. The highest BCUT2D eigenvalue weighted by molar-refractivity contribution is 5.80. The molecule has 6 heteroatoms. The predicted molar refractivity (Wildman–Crippen MR) is 73.2 cm³/mol. The standard InChI is InChI=1S/C13H25N3O3/c1-10(2)16(9-12(17)18)13(19)15-7-5-11(6-8-15)14(3)4/h10-11H,5-9H2,1-4H3,(H,17,18). The van der Waals surface area contributed by atoms with Gasteiger partial charge in [-0.15, -0.1) is 0 Å². The normalized spacial score (nSPS) is 17.1. The minimum absolute atomic E-state index is 0.102. The monoisotopic (exact) mass is 271 g/mol. The maximum absolute atomic E-state index is 12.3. The second-order valence-corrected chi connectivity index (χ2v) is 5.58. The molecule has 0 unspecified atom stereocenters. The van der Waals surface area contributed by atoms with E-state index in [1.165, 1.54) is 4.90 Å². The first-order valence-electron chi connectivity index (χ1n) is 6.76. The van der Waals surface area contributed by atoms with Crippen LogP contribution in [0, 0.1) is 0 Å². The van der Waals surface area contributed by atoms with Gasteiger partial charge in [-0.2, -0.15) is 0 Å². The fraction of sp³-hybridized carbons (Fsp3) is 0.846. The molecule has 0 aromatic carbocycles. The number of hydrogen-bond acceptors (Lipinski definition) is 3. The molecule has 1 rings (SSSR count). The number of likely N-dealkylation sites (tertiary alicyclic amines) is 1. The Bertz CT molecular complexity index is 323. The number of piperidine rings is 1. The maximum atomic E-state index is 12.3. The lowest BCUT2D eigenvalue weighted by molar-refractivity contribution is -0.138. The van der Waals surface area contributed by atoms with Gasteiger partial charge in [-0.3, -0.25) is 4.79 Å². The summed E-state index contributed by atoms with van der Waals surface area (Å²) >= 11 is 0. The van der Waals surface area contributed by atoms with Crippen molar-refractivity contribution in [1.29, 1.82) is 0 Å². The van der Waals surface area contributed by atoms with Gasteiger partial charge >= 0.3 is 12.0 Å². The molecular weight excluding hydrogens is 246 g/mol. The summed E-state index contributed by atoms with van der Waals surface area (Å²) in [4.78, 5) is 28.5. The summed E-state index contributed by atoms with van der Waals surface area (Å²) in [7, 11) is 4.10. The average molecular weight is 271 g/mol. The first kappa shape index (κ1) is 15.8. The van der Waals surface area contributed by atoms with Crippen LogP contribution in [0.3, 0.4) is 0 Å². The molecule has 2 amide bonds. The fourth-order valence-corrected chi connectivity index (χ4v) is 2.37. The smallest absolute Gasteiger partial charge is 0.323 e. The Morgan fingerprint density at radius 2 is 1.79 bits per heavy atom. The molecule has 19 heavy (non-hydrogen) atoms. The van der Waals surface area contributed by atoms with Gasteiger partial charge < -0.3 is 19.8 Å². The molecule has 0 aromatic rings. The van der Waals surface area contributed by atoms with Crippen LogP contribution in [0.1, 0.15) is 26.7 Å². The lowest BCUT2D eigenvalue weighted by Crippen LogP contribution is -2.52. The van der Waals surface area contributed by atoms with Gasteiger partial charge in [-0.25, -0.2) is 4.79 Å². The lowest BCUT2D eigenvalue weighted by Gasteiger charge is -2.38. The second-order valence-electron chi connectivity index (χ2n) is 5.58. The van der Waals surface area contributed by atoms with E-state index < -0.39 is 5.97 Å². The second kappa shape index (κ2) is 6.75. The molecule has 0 aliphatic carbocycles. The fourth-order valence-electron chi connectivity index (χ4n) is 2.37. The van der Waals surface area contributed by atoms with Crippen LogP contribution in [0.25, 0.3) is 0 Å². The van der Waals surface area contributed by atoms with E-state index in [1.807, 2.05) is 27.9 Å². The predicted octanol–water partition coefficient (Wildman–Crippen LogP) is 0.927. The summed E-state index contributed by atoms with van der Waals surface area (Å²) in [5, 5.41) is 8.88. The number of rotatable bonds is 4. The van der Waals surface area contributed by atoms with E-state index >= 15 is 0 Å². The highest BCUT2D eigenvalue weighted by atomic mass is 16.4. The van der Waals surface area contributed by atoms with Crippen LogP contribution in [0.2, 0.25) is 0 Å². The molecule has 0 radical (unpaired) electrons. The van der Waals surface area contributed by atoms with Gasteiger partial charge in [0.1, 0.15) is 6.54 Å². The number of carbonyl (C=O) groups is 2. The summed E-state index contributed by atoms with van der Waals surface area (Å²) in [5.41, 5.74) is 0. The van der Waals surface area contributed by atoms with Crippen LogP contribution in [0.4, 0.5) is 4.79 Å². The first-order chi connectivity index (χ1) is 8.82. The third-order valence-corrected chi connectivity index (χ3v) is 3.64. The van der Waals surface area contributed by atoms with E-state index in [-0.39, 0.29) is 18.6 Å². The SMILES string of the molecule is CC(C)N(CC(=O)O)C(=O)N1CCC(N(C)C)CC1. The number of carbonyl (C=O) groups excluding carboxylic acids is 1. The van der Waals surface area contributed by atoms with Crippen LogP contribution in [0.15, 0.2) is 0 Å². The van der Waals surface area contributed by atoms with Crippen molar-refractivity contribution in [3.63, 3.8) is 0 Å². The summed E-state index contributed by atoms with van der Waals surface area (Å²) in [5.74, 6) is -0.967. The highest BCUT2D eigenvalue weighted by Crippen LogP contribution is 2.16. The molecule has 1 aliphatic rings. The van der Waals surface area contributed by atoms with Crippen LogP contribution < -0.4 is 0 Å². The topological polar surface area (TPSA) is 64.1 Å². The van der Waals surface area contributed by atoms with Crippen LogP contribution in [-0.2, 0) is 4.79 Å². The Hall–Kier alpha value is -1.30. The Balaban J connectivity index is 2.59. The van der Waals surface area contributed by atoms with E-state index in [2.05, 4.69) is 4.90 Å². The molecule has 0 saturated carbocycles. The van der Waals surface area contributed by atoms with Gasteiger partial charge in [0.25, 0.3) is 0 Å². The van der Waals surface area contributed by atoms with Crippen LogP contribution in [-0.4, -0.2) is 77.6 Å². The van der Waals surface area contributed by atoms with Crippen molar-refractivity contribution in [3.8, 4) is 0 Å². The molecule has 0 aromatic heterocycles. The van der Waals surface area contributed by atoms with Gasteiger partial charge in [0.05, 0.1) is 0 Å². The molecule has 0 bridgehead atoms. The molecule has 110 valence electrons. The number of amides is 2. The largest absolute Gasteiger partial charge is 0.480 e. The van der Waals surface area contributed by atoms with Gasteiger partial charge in [0, 0.05) is 25.2 Å². The molecule has 1 aliphatic heterocycles. The van der Waals surface area contributed by atoms with Crippen molar-refractivity contribution in [1.82, 2.24) is 14.7 Å². The first-order valence-corrected chi connectivity index (χ1v) is 6.76. The molecule has 1 saturated heterocycles. The summed E-state index contributed by atoms with van der Waals surface area (Å²) in [6.45, 7) is 4.85. The van der Waals surface area contributed by atoms with Crippen molar-refractivity contribution >= 4 is 12.0 Å². The molecule has 1 fully saturated rings. The van der Waals surface area contributed by atoms with E-state index in [4.69, 9.17) is 5.11 Å². The zero-order valence-electron chi connectivity index (χ0n) is 12.3. The Morgan fingerprint density at radius 3 is 2.16 bits per heavy atom. The number of nitrogens with zero attached hydrogens (tertiary/aromatic N) is 3. The number of carboxylic acid groups (broad SMARTS) is 1. The summed E-state index contributed by atoms with van der Waals surface area (Å²) in [6.07, 6.45) is 1.88. The van der Waals surface area contributed by atoms with Gasteiger partial charge in [0.15, 0.2) is 0 Å². The molecule has 1 N–H and O–H groups in total. The quantitative estimate of drug-likeness (QED) is 0.826. The van der Waals surface area contributed by atoms with Crippen LogP contribution >= 0.6 is 0 Å². The number of urea groups is 1. The van der Waals surface area contributed by atoms with Gasteiger partial charge in [-0.1, -0.05) is 0 Å². The van der Waals surface area contributed by atoms with Crippen molar-refractivity contribution in [3.05, 3.63) is 0 Å². The number of carboxylic acids is 1. The number of aliphatic carboxylic acids is 1. The Labute approximate surface area is 115 Å². The van der Waals surface area contributed by atoms with Crippen molar-refractivity contribution in [2.75, 3.05) is 33.7 Å². The third kappa shape index (κ3) is 4.38. The van der Waals surface area contributed by atoms with Gasteiger partial charge in [0.2, 0.25) is 0 Å². The van der Waals surface area contributed by atoms with Crippen molar-refractivity contribution in [2.24, 2.45) is 0 Å². The van der Waals surface area contributed by atoms with Crippen molar-refractivity contribution < 1.29 is 14.7 Å². The van der Waals surface area contributed by atoms with Gasteiger partial charge in [-0.05, 0) is 40.8 Å². The third-order valence-electron chi connectivity index (χ3n) is 3.64. The minimum Gasteiger partial charge on any atom is -0.480 e. The van der Waals surface area contributed by atoms with E-state index in [1.54, 1.807) is 4.90 Å². The maximum Gasteiger partial charge on any atom is 0.323 e. The Morgan fingerprint density at radius 1 is 1.26 bits per heavy atom. The van der Waals surface area contributed by atoms with E-state index in [9.17, 15) is 9.59 Å². The lowest BCUT2D eigenvalue weighted by atomic mass is 10.0. The Kier molecular flexibility index (Phi) is 5.60. The molecule has 0 atom stereocenters. The van der Waals surface area contributed by atoms with Crippen molar-refractivity contribution in [2.45, 2.75) is 38.8 Å². The van der Waals surface area contributed by atoms with E-state index in [0.717, 1.165) is 12.8 Å². The molecular formula is C13H25N3O3. The van der Waals surface area contributed by atoms with Crippen LogP contribution in [0.5, 0.6) is 0 Å². The molecule has 0 spiro atoms. The van der Waals surface area contributed by atoms with E-state index in [0.29, 0.717) is 19.1 Å². The number of hydrogen-bond donors (Lipinski definition) is 1.